The third kappa shape index (κ3) is 3.91. The van der Waals surface area contributed by atoms with Gasteiger partial charge in [-0.1, -0.05) is 0 Å². The number of carbonyl (C=O) groups excluding carboxylic acids is 1. The number of aliphatic carboxylic acids is 1. The molecule has 0 aromatic rings. The van der Waals surface area contributed by atoms with Crippen molar-refractivity contribution in [2.24, 2.45) is 0 Å². The molecule has 22 heavy (non-hydrogen) atoms. The molecule has 1 fully saturated rings. The fourth-order valence-corrected chi connectivity index (χ4v) is 2.34. The second kappa shape index (κ2) is 7.31. The van der Waals surface area contributed by atoms with Gasteiger partial charge in [-0.25, -0.2) is 4.79 Å². The Morgan fingerprint density at radius 3 is 2.45 bits per heavy atom. The smallest absolute Gasteiger partial charge is 0.364 e. The summed E-state index contributed by atoms with van der Waals surface area (Å²) in [6.07, 6.45) is -6.42. The zero-order valence-electron chi connectivity index (χ0n) is 12.2. The standard InChI is InChI=1S/C12H21NO9/c1-5(15)13-8-7(21-2)3-12(20,11(18)19)22-10(8)9(17)6(16)4-14/h6-10,14,16-17,20H,3-4H2,1-2H3,(H,13,15)(H,18,19)/t6-,7+,8-,9-,10-,12-/m1/s1. The third-order valence-corrected chi connectivity index (χ3v) is 3.49. The van der Waals surface area contributed by atoms with Crippen LogP contribution in [0.15, 0.2) is 0 Å². The number of aliphatic hydroxyl groups is 4. The van der Waals surface area contributed by atoms with Crippen LogP contribution in [-0.2, 0) is 19.1 Å². The molecule has 0 aromatic heterocycles. The van der Waals surface area contributed by atoms with Crippen molar-refractivity contribution < 1.29 is 44.6 Å². The van der Waals surface area contributed by atoms with E-state index in [2.05, 4.69) is 5.32 Å². The monoisotopic (exact) mass is 323 g/mol. The van der Waals surface area contributed by atoms with Crippen molar-refractivity contribution in [1.29, 1.82) is 0 Å². The van der Waals surface area contributed by atoms with E-state index in [1.807, 2.05) is 0 Å². The van der Waals surface area contributed by atoms with Crippen LogP contribution in [0.25, 0.3) is 0 Å². The number of ether oxygens (including phenoxy) is 2. The zero-order chi connectivity index (χ0) is 17.1. The van der Waals surface area contributed by atoms with Crippen molar-refractivity contribution in [2.45, 2.75) is 49.6 Å². The van der Waals surface area contributed by atoms with Crippen molar-refractivity contribution in [3.8, 4) is 0 Å². The summed E-state index contributed by atoms with van der Waals surface area (Å²) in [6, 6.07) is -1.03. The number of carbonyl (C=O) groups is 2. The molecule has 6 atom stereocenters. The minimum atomic E-state index is -2.66. The highest BCUT2D eigenvalue weighted by Gasteiger charge is 2.54. The number of methoxy groups -OCH3 is 1. The van der Waals surface area contributed by atoms with Gasteiger partial charge in [-0.3, -0.25) is 4.79 Å². The van der Waals surface area contributed by atoms with Gasteiger partial charge in [0.25, 0.3) is 5.79 Å². The first-order chi connectivity index (χ1) is 10.2. The molecule has 1 heterocycles. The number of amides is 1. The number of hydrogen-bond donors (Lipinski definition) is 6. The number of aliphatic hydroxyl groups excluding tert-OH is 3. The summed E-state index contributed by atoms with van der Waals surface area (Å²) in [6.45, 7) is 0.369. The van der Waals surface area contributed by atoms with Gasteiger partial charge >= 0.3 is 5.97 Å². The van der Waals surface area contributed by atoms with Crippen molar-refractivity contribution >= 4 is 11.9 Å². The average Bonchev–Trinajstić information content (AvgIpc) is 2.46. The van der Waals surface area contributed by atoms with Gasteiger partial charge in [-0.15, -0.1) is 0 Å². The molecule has 0 radical (unpaired) electrons. The Balaban J connectivity index is 3.15. The number of carboxylic acids is 1. The Labute approximate surface area is 126 Å². The van der Waals surface area contributed by atoms with Gasteiger partial charge in [0.2, 0.25) is 5.91 Å². The molecule has 6 N–H and O–H groups in total. The van der Waals surface area contributed by atoms with Crippen molar-refractivity contribution in [3.63, 3.8) is 0 Å². The minimum absolute atomic E-state index is 0.498. The number of nitrogens with one attached hydrogen (secondary N) is 1. The van der Waals surface area contributed by atoms with Crippen LogP contribution in [0.3, 0.4) is 0 Å². The van der Waals surface area contributed by atoms with Crippen LogP contribution < -0.4 is 5.32 Å². The van der Waals surface area contributed by atoms with Crippen LogP contribution in [0.2, 0.25) is 0 Å². The van der Waals surface area contributed by atoms with Crippen LogP contribution in [0.1, 0.15) is 13.3 Å². The molecule has 1 aliphatic rings. The van der Waals surface area contributed by atoms with Gasteiger partial charge in [0.15, 0.2) is 0 Å². The van der Waals surface area contributed by atoms with E-state index in [-0.39, 0.29) is 0 Å². The first-order valence-corrected chi connectivity index (χ1v) is 6.56. The van der Waals surface area contributed by atoms with Crippen LogP contribution in [-0.4, -0.2) is 87.4 Å². The third-order valence-electron chi connectivity index (χ3n) is 3.49. The average molecular weight is 323 g/mol. The Bertz CT molecular complexity index is 417. The van der Waals surface area contributed by atoms with Gasteiger partial charge in [0.05, 0.1) is 18.8 Å². The molecule has 10 heteroatoms. The van der Waals surface area contributed by atoms with Gasteiger partial charge in [-0.2, -0.15) is 0 Å². The molecule has 1 amide bonds. The van der Waals surface area contributed by atoms with Gasteiger partial charge in [0, 0.05) is 20.5 Å². The number of carboxylic acid groups (broad SMARTS) is 1. The Hall–Kier alpha value is -1.30. The Kier molecular flexibility index (Phi) is 6.23. The largest absolute Gasteiger partial charge is 0.477 e. The zero-order valence-corrected chi connectivity index (χ0v) is 12.2. The number of rotatable bonds is 6. The van der Waals surface area contributed by atoms with Crippen LogP contribution in [0.4, 0.5) is 0 Å². The second-order valence-corrected chi connectivity index (χ2v) is 5.12. The summed E-state index contributed by atoms with van der Waals surface area (Å²) in [5.74, 6) is -4.87. The summed E-state index contributed by atoms with van der Waals surface area (Å²) in [4.78, 5) is 22.4. The van der Waals surface area contributed by atoms with Crippen molar-refractivity contribution in [2.75, 3.05) is 13.7 Å². The maximum atomic E-state index is 11.3. The maximum absolute atomic E-state index is 11.3. The molecule has 10 nitrogen and oxygen atoms in total. The van der Waals surface area contributed by atoms with E-state index in [0.29, 0.717) is 0 Å². The number of hydrogen-bond acceptors (Lipinski definition) is 8. The molecule has 1 saturated heterocycles. The highest BCUT2D eigenvalue weighted by molar-refractivity contribution is 5.76. The molecular formula is C12H21NO9. The molecule has 0 spiro atoms. The molecule has 0 aromatic carbocycles. The lowest BCUT2D eigenvalue weighted by atomic mass is 9.88. The lowest BCUT2D eigenvalue weighted by molar-refractivity contribution is -0.297. The second-order valence-electron chi connectivity index (χ2n) is 5.12. The van der Waals surface area contributed by atoms with Gasteiger partial charge < -0.3 is 40.3 Å². The van der Waals surface area contributed by atoms with E-state index in [1.165, 1.54) is 14.0 Å². The predicted octanol–water partition coefficient (Wildman–Crippen LogP) is -3.22. The first-order valence-electron chi connectivity index (χ1n) is 6.56. The molecule has 1 aliphatic heterocycles. The van der Waals surface area contributed by atoms with E-state index in [0.717, 1.165) is 0 Å². The molecule has 0 aliphatic carbocycles. The van der Waals surface area contributed by atoms with Gasteiger partial charge in [0.1, 0.15) is 18.3 Å². The SMILES string of the molecule is CO[C@H]1C[C@](O)(C(=O)O)O[C@@H]([C@H](O)[C@H](O)CO)[C@@H]1NC(C)=O. The fraction of sp³-hybridized carbons (Fsp3) is 0.833. The minimum Gasteiger partial charge on any atom is -0.477 e. The lowest BCUT2D eigenvalue weighted by Gasteiger charge is -2.45. The van der Waals surface area contributed by atoms with E-state index in [1.54, 1.807) is 0 Å². The Morgan fingerprint density at radius 2 is 2.05 bits per heavy atom. The summed E-state index contributed by atoms with van der Waals surface area (Å²) >= 11 is 0. The summed E-state index contributed by atoms with van der Waals surface area (Å²) in [5.41, 5.74) is 0. The van der Waals surface area contributed by atoms with E-state index in [9.17, 15) is 24.9 Å². The first kappa shape index (κ1) is 18.7. The Morgan fingerprint density at radius 1 is 1.45 bits per heavy atom. The molecular weight excluding hydrogens is 302 g/mol. The van der Waals surface area contributed by atoms with Crippen LogP contribution >= 0.6 is 0 Å². The van der Waals surface area contributed by atoms with E-state index < -0.39 is 61.1 Å². The van der Waals surface area contributed by atoms with Crippen molar-refractivity contribution in [1.82, 2.24) is 5.32 Å². The molecule has 0 saturated carbocycles. The van der Waals surface area contributed by atoms with Gasteiger partial charge in [-0.05, 0) is 0 Å². The molecule has 1 rings (SSSR count). The van der Waals surface area contributed by atoms with Crippen LogP contribution in [0, 0.1) is 0 Å². The predicted molar refractivity (Wildman–Crippen MR) is 69.6 cm³/mol. The topological polar surface area (TPSA) is 166 Å². The van der Waals surface area contributed by atoms with Crippen LogP contribution in [0.5, 0.6) is 0 Å². The summed E-state index contributed by atoms with van der Waals surface area (Å²) in [7, 11) is 1.24. The van der Waals surface area contributed by atoms with E-state index >= 15 is 0 Å². The molecule has 0 bridgehead atoms. The summed E-state index contributed by atoms with van der Waals surface area (Å²) in [5, 5.41) is 49.9. The lowest BCUT2D eigenvalue weighted by Crippen LogP contribution is -2.67. The highest BCUT2D eigenvalue weighted by atomic mass is 16.7. The quantitative estimate of drug-likeness (QED) is 0.295. The van der Waals surface area contributed by atoms with Crippen molar-refractivity contribution in [3.05, 3.63) is 0 Å². The van der Waals surface area contributed by atoms with E-state index in [4.69, 9.17) is 19.7 Å². The molecule has 0 unspecified atom stereocenters. The summed E-state index contributed by atoms with van der Waals surface area (Å²) < 4.78 is 10.1. The normalized spacial score (nSPS) is 34.7. The highest BCUT2D eigenvalue weighted by Crippen LogP contribution is 2.31. The fourth-order valence-electron chi connectivity index (χ4n) is 2.34. The maximum Gasteiger partial charge on any atom is 0.364 e. The molecule has 128 valence electrons.